The van der Waals surface area contributed by atoms with E-state index in [1.807, 2.05) is 0 Å². The van der Waals surface area contributed by atoms with Crippen molar-refractivity contribution in [3.63, 3.8) is 0 Å². The lowest BCUT2D eigenvalue weighted by molar-refractivity contribution is 0.169. The highest BCUT2D eigenvalue weighted by Gasteiger charge is 2.34. The zero-order valence-electron chi connectivity index (χ0n) is 12.6. The van der Waals surface area contributed by atoms with Crippen molar-refractivity contribution in [2.45, 2.75) is 44.6 Å². The van der Waals surface area contributed by atoms with E-state index in [-0.39, 0.29) is 22.4 Å². The van der Waals surface area contributed by atoms with Crippen LogP contribution in [0.3, 0.4) is 0 Å². The Morgan fingerprint density at radius 3 is 2.48 bits per heavy atom. The molecule has 1 aliphatic rings. The second kappa shape index (κ2) is 6.02. The van der Waals surface area contributed by atoms with Gasteiger partial charge in [-0.1, -0.05) is 20.3 Å². The average Bonchev–Trinajstić information content (AvgIpc) is 2.48. The lowest BCUT2D eigenvalue weighted by Crippen LogP contribution is -2.41. The van der Waals surface area contributed by atoms with Gasteiger partial charge >= 0.3 is 0 Å². The van der Waals surface area contributed by atoms with Gasteiger partial charge in [-0.25, -0.2) is 12.8 Å². The van der Waals surface area contributed by atoms with E-state index in [1.165, 1.54) is 22.5 Å². The van der Waals surface area contributed by atoms with Gasteiger partial charge in [-0.15, -0.1) is 0 Å². The molecule has 0 amide bonds. The fourth-order valence-corrected chi connectivity index (χ4v) is 4.13. The van der Waals surface area contributed by atoms with E-state index >= 15 is 0 Å². The van der Waals surface area contributed by atoms with Crippen molar-refractivity contribution < 1.29 is 12.8 Å². The summed E-state index contributed by atoms with van der Waals surface area (Å²) in [6, 6.07) is 3.84. The Kier molecular flexibility index (Phi) is 4.70. The average molecular weight is 314 g/mol. The van der Waals surface area contributed by atoms with Crippen LogP contribution in [-0.4, -0.2) is 25.8 Å². The van der Waals surface area contributed by atoms with Gasteiger partial charge in [-0.2, -0.15) is 4.31 Å². The smallest absolute Gasteiger partial charge is 0.243 e. The zero-order chi connectivity index (χ0) is 15.7. The van der Waals surface area contributed by atoms with Crippen LogP contribution in [0.5, 0.6) is 0 Å². The van der Waals surface area contributed by atoms with Crippen LogP contribution in [0.1, 0.15) is 38.7 Å². The zero-order valence-corrected chi connectivity index (χ0v) is 13.4. The lowest BCUT2D eigenvalue weighted by atomic mass is 9.79. The third-order valence-electron chi connectivity index (χ3n) is 4.66. The maximum absolute atomic E-state index is 13.5. The normalized spacial score (nSPS) is 19.6. The van der Waals surface area contributed by atoms with Crippen LogP contribution < -0.4 is 5.73 Å². The monoisotopic (exact) mass is 314 g/mol. The van der Waals surface area contributed by atoms with Crippen molar-refractivity contribution in [2.24, 2.45) is 11.1 Å². The number of hydrogen-bond donors (Lipinski definition) is 1. The summed E-state index contributed by atoms with van der Waals surface area (Å²) in [6.45, 7) is 5.35. The summed E-state index contributed by atoms with van der Waals surface area (Å²) in [7, 11) is -3.56. The number of piperidine rings is 1. The molecule has 6 heteroatoms. The van der Waals surface area contributed by atoms with Gasteiger partial charge in [0.25, 0.3) is 0 Å². The van der Waals surface area contributed by atoms with E-state index in [0.717, 1.165) is 19.3 Å². The minimum absolute atomic E-state index is 0.0108. The first-order valence-corrected chi connectivity index (χ1v) is 8.75. The van der Waals surface area contributed by atoms with Gasteiger partial charge in [0.2, 0.25) is 10.0 Å². The van der Waals surface area contributed by atoms with Crippen LogP contribution in [0.25, 0.3) is 0 Å². The van der Waals surface area contributed by atoms with E-state index in [4.69, 9.17) is 5.73 Å². The molecule has 0 bridgehead atoms. The first kappa shape index (κ1) is 16.4. The molecule has 0 saturated carbocycles. The first-order valence-electron chi connectivity index (χ1n) is 7.31. The number of nitrogens with zero attached hydrogens (tertiary/aromatic N) is 1. The molecule has 1 saturated heterocycles. The largest absolute Gasteiger partial charge is 0.326 e. The van der Waals surface area contributed by atoms with Crippen molar-refractivity contribution >= 4 is 10.0 Å². The van der Waals surface area contributed by atoms with Crippen LogP contribution in [0.4, 0.5) is 4.39 Å². The quantitative estimate of drug-likeness (QED) is 0.928. The third kappa shape index (κ3) is 3.27. The van der Waals surface area contributed by atoms with E-state index in [0.29, 0.717) is 13.1 Å². The number of halogens is 1. The van der Waals surface area contributed by atoms with Crippen molar-refractivity contribution in [2.75, 3.05) is 13.1 Å². The molecule has 0 spiro atoms. The van der Waals surface area contributed by atoms with Gasteiger partial charge in [0.05, 0.1) is 4.90 Å². The molecular weight excluding hydrogens is 291 g/mol. The molecule has 1 aliphatic heterocycles. The van der Waals surface area contributed by atoms with Crippen LogP contribution in [0.2, 0.25) is 0 Å². The van der Waals surface area contributed by atoms with Gasteiger partial charge in [0, 0.05) is 25.2 Å². The topological polar surface area (TPSA) is 63.4 Å². The predicted molar refractivity (Wildman–Crippen MR) is 80.7 cm³/mol. The summed E-state index contributed by atoms with van der Waals surface area (Å²) in [6.07, 6.45) is 2.76. The van der Waals surface area contributed by atoms with E-state index in [9.17, 15) is 12.8 Å². The molecule has 1 fully saturated rings. The highest BCUT2D eigenvalue weighted by atomic mass is 32.2. The molecule has 4 nitrogen and oxygen atoms in total. The molecule has 0 aliphatic carbocycles. The molecular formula is C15H23FN2O2S. The Balaban J connectivity index is 2.23. The summed E-state index contributed by atoms with van der Waals surface area (Å²) in [4.78, 5) is 0.129. The minimum atomic E-state index is -3.56. The number of sulfonamides is 1. The number of nitrogens with two attached hydrogens (primary N) is 1. The molecule has 0 atom stereocenters. The van der Waals surface area contributed by atoms with Crippen LogP contribution in [0, 0.1) is 11.2 Å². The fourth-order valence-electron chi connectivity index (χ4n) is 2.64. The van der Waals surface area contributed by atoms with Gasteiger partial charge < -0.3 is 5.73 Å². The summed E-state index contributed by atoms with van der Waals surface area (Å²) in [5.74, 6) is -0.464. The van der Waals surface area contributed by atoms with Crippen LogP contribution in [0.15, 0.2) is 23.1 Å². The molecule has 0 aromatic heterocycles. The van der Waals surface area contributed by atoms with Crippen LogP contribution >= 0.6 is 0 Å². The minimum Gasteiger partial charge on any atom is -0.326 e. The van der Waals surface area contributed by atoms with Crippen molar-refractivity contribution in [3.05, 3.63) is 29.6 Å². The second-order valence-corrected chi connectivity index (χ2v) is 7.96. The van der Waals surface area contributed by atoms with Crippen molar-refractivity contribution in [3.8, 4) is 0 Å². The lowest BCUT2D eigenvalue weighted by Gasteiger charge is -2.38. The molecule has 0 unspecified atom stereocenters. The van der Waals surface area contributed by atoms with E-state index in [2.05, 4.69) is 13.8 Å². The maximum atomic E-state index is 13.5. The molecule has 1 aromatic carbocycles. The molecule has 1 aromatic rings. The van der Waals surface area contributed by atoms with Crippen molar-refractivity contribution in [1.82, 2.24) is 4.31 Å². The van der Waals surface area contributed by atoms with E-state index in [1.54, 1.807) is 0 Å². The summed E-state index contributed by atoms with van der Waals surface area (Å²) in [5, 5.41) is 0. The molecule has 21 heavy (non-hydrogen) atoms. The number of rotatable bonds is 4. The van der Waals surface area contributed by atoms with Crippen molar-refractivity contribution in [1.29, 1.82) is 0 Å². The molecule has 0 radical (unpaired) electrons. The fraction of sp³-hybridized carbons (Fsp3) is 0.600. The van der Waals surface area contributed by atoms with Gasteiger partial charge in [0.15, 0.2) is 0 Å². The molecule has 2 N–H and O–H groups in total. The Labute approximate surface area is 126 Å². The summed E-state index contributed by atoms with van der Waals surface area (Å²) in [5.41, 5.74) is 5.89. The van der Waals surface area contributed by atoms with E-state index < -0.39 is 15.8 Å². The van der Waals surface area contributed by atoms with Crippen LogP contribution in [-0.2, 0) is 16.6 Å². The Bertz CT molecular complexity index is 608. The molecule has 1 heterocycles. The number of benzene rings is 1. The predicted octanol–water partition coefficient (Wildman–Crippen LogP) is 2.49. The van der Waals surface area contributed by atoms with Gasteiger partial charge in [-0.3, -0.25) is 0 Å². The first-order chi connectivity index (χ1) is 9.82. The Hall–Kier alpha value is -0.980. The molecule has 118 valence electrons. The Morgan fingerprint density at radius 2 is 1.95 bits per heavy atom. The van der Waals surface area contributed by atoms with Gasteiger partial charge in [0.1, 0.15) is 5.82 Å². The SMILES string of the molecule is CCC1(C)CCN(S(=O)(=O)c2ccc(F)c(CN)c2)CC1. The highest BCUT2D eigenvalue weighted by molar-refractivity contribution is 7.89. The Morgan fingerprint density at radius 1 is 1.33 bits per heavy atom. The third-order valence-corrected chi connectivity index (χ3v) is 6.55. The maximum Gasteiger partial charge on any atom is 0.243 e. The number of hydrogen-bond acceptors (Lipinski definition) is 3. The molecule has 2 rings (SSSR count). The van der Waals surface area contributed by atoms with Gasteiger partial charge in [-0.05, 0) is 36.5 Å². The highest BCUT2D eigenvalue weighted by Crippen LogP contribution is 2.35. The standard InChI is InChI=1S/C15H23FN2O2S/c1-3-15(2)6-8-18(9-7-15)21(19,20)13-4-5-14(16)12(10-13)11-17/h4-5,10H,3,6-9,11,17H2,1-2H3. The summed E-state index contributed by atoms with van der Waals surface area (Å²) >= 11 is 0. The second-order valence-electron chi connectivity index (χ2n) is 6.03. The summed E-state index contributed by atoms with van der Waals surface area (Å²) < 4.78 is 40.2.